The second-order valence-corrected chi connectivity index (χ2v) is 7.62. The summed E-state index contributed by atoms with van der Waals surface area (Å²) in [5.74, 6) is -0.767. The van der Waals surface area contributed by atoms with E-state index in [1.165, 1.54) is 12.1 Å². The highest BCUT2D eigenvalue weighted by molar-refractivity contribution is 5.54. The molecule has 30 heavy (non-hydrogen) atoms. The van der Waals surface area contributed by atoms with Gasteiger partial charge in [-0.05, 0) is 73.5 Å². The molecule has 3 heterocycles. The maximum Gasteiger partial charge on any atom is 0.128 e. The van der Waals surface area contributed by atoms with Gasteiger partial charge in [0, 0.05) is 24.0 Å². The van der Waals surface area contributed by atoms with E-state index in [4.69, 9.17) is 5.26 Å². The highest BCUT2D eigenvalue weighted by Gasteiger charge is 2.32. The number of anilines is 1. The van der Waals surface area contributed by atoms with Crippen LogP contribution in [0.1, 0.15) is 30.0 Å². The average molecular weight is 402 g/mol. The standard InChI is InChI=1S/C24H20F2N4/c25-18-5-8-23(26)22(14-18)24-2-1-11-28(24)20-9-12-30-21(15-20)10-13-29(30)19-6-3-17(16-27)4-7-19/h3-10,12,14-15,24H,1-2,11,13H2/t24-/m1/s1. The summed E-state index contributed by atoms with van der Waals surface area (Å²) < 4.78 is 28.1. The second kappa shape index (κ2) is 7.34. The highest BCUT2D eigenvalue weighted by atomic mass is 19.1. The third-order valence-electron chi connectivity index (χ3n) is 5.88. The van der Waals surface area contributed by atoms with Crippen molar-refractivity contribution in [2.45, 2.75) is 18.9 Å². The molecule has 2 aromatic carbocycles. The summed E-state index contributed by atoms with van der Waals surface area (Å²) >= 11 is 0. The molecular formula is C24H20F2N4. The van der Waals surface area contributed by atoms with E-state index >= 15 is 0 Å². The Labute approximate surface area is 174 Å². The zero-order chi connectivity index (χ0) is 20.7. The zero-order valence-corrected chi connectivity index (χ0v) is 16.3. The maximum atomic E-state index is 14.4. The molecule has 0 N–H and O–H groups in total. The van der Waals surface area contributed by atoms with E-state index in [0.29, 0.717) is 11.1 Å². The molecule has 5 rings (SSSR count). The zero-order valence-electron chi connectivity index (χ0n) is 16.3. The monoisotopic (exact) mass is 402 g/mol. The number of fused-ring (bicyclic) bond motifs is 1. The van der Waals surface area contributed by atoms with E-state index in [1.807, 2.05) is 36.5 Å². The Balaban J connectivity index is 1.38. The smallest absolute Gasteiger partial charge is 0.128 e. The Kier molecular flexibility index (Phi) is 4.51. The van der Waals surface area contributed by atoms with E-state index in [-0.39, 0.29) is 11.9 Å². The molecule has 2 aromatic rings. The Morgan fingerprint density at radius 2 is 1.87 bits per heavy atom. The summed E-state index contributed by atoms with van der Waals surface area (Å²) in [4.78, 5) is 2.16. The predicted molar refractivity (Wildman–Crippen MR) is 111 cm³/mol. The summed E-state index contributed by atoms with van der Waals surface area (Å²) in [6.45, 7) is 1.53. The molecule has 3 aliphatic rings. The minimum Gasteiger partial charge on any atom is -0.364 e. The lowest BCUT2D eigenvalue weighted by molar-refractivity contribution is 0.322. The number of hydrazine groups is 1. The number of nitriles is 1. The Hall–Kier alpha value is -3.59. The first-order valence-electron chi connectivity index (χ1n) is 10.0. The van der Waals surface area contributed by atoms with Crippen molar-refractivity contribution in [1.29, 1.82) is 5.26 Å². The van der Waals surface area contributed by atoms with Gasteiger partial charge < -0.3 is 4.90 Å². The molecule has 0 radical (unpaired) electrons. The molecule has 0 unspecified atom stereocenters. The molecule has 1 atom stereocenters. The lowest BCUT2D eigenvalue weighted by atomic mass is 10.0. The van der Waals surface area contributed by atoms with Crippen molar-refractivity contribution in [1.82, 2.24) is 9.91 Å². The molecule has 0 aliphatic carbocycles. The van der Waals surface area contributed by atoms with Crippen molar-refractivity contribution in [3.8, 4) is 6.07 Å². The summed E-state index contributed by atoms with van der Waals surface area (Å²) in [6, 6.07) is 13.2. The molecule has 0 saturated carbocycles. The molecule has 0 aromatic heterocycles. The molecule has 1 fully saturated rings. The van der Waals surface area contributed by atoms with Crippen molar-refractivity contribution < 1.29 is 8.78 Å². The summed E-state index contributed by atoms with van der Waals surface area (Å²) in [6.07, 6.45) is 9.99. The predicted octanol–water partition coefficient (Wildman–Crippen LogP) is 5.01. The molecule has 0 spiro atoms. The van der Waals surface area contributed by atoms with E-state index in [2.05, 4.69) is 33.1 Å². The third kappa shape index (κ3) is 3.13. The fourth-order valence-electron chi connectivity index (χ4n) is 4.42. The normalized spacial score (nSPS) is 20.2. The minimum absolute atomic E-state index is 0.167. The van der Waals surface area contributed by atoms with Gasteiger partial charge in [-0.3, -0.25) is 10.0 Å². The van der Waals surface area contributed by atoms with Gasteiger partial charge in [-0.2, -0.15) is 5.26 Å². The maximum absolute atomic E-state index is 14.4. The van der Waals surface area contributed by atoms with Crippen LogP contribution in [0.2, 0.25) is 0 Å². The van der Waals surface area contributed by atoms with Crippen LogP contribution in [-0.2, 0) is 0 Å². The van der Waals surface area contributed by atoms with Crippen LogP contribution < -0.4 is 5.01 Å². The van der Waals surface area contributed by atoms with Gasteiger partial charge in [0.05, 0.1) is 35.6 Å². The van der Waals surface area contributed by atoms with Crippen LogP contribution in [0.3, 0.4) is 0 Å². The third-order valence-corrected chi connectivity index (χ3v) is 5.88. The fraction of sp³-hybridized carbons (Fsp3) is 0.208. The number of likely N-dealkylation sites (tertiary alicyclic amines) is 1. The summed E-state index contributed by atoms with van der Waals surface area (Å²) in [7, 11) is 0. The quantitative estimate of drug-likeness (QED) is 0.723. The van der Waals surface area contributed by atoms with Crippen LogP contribution in [0.5, 0.6) is 0 Å². The van der Waals surface area contributed by atoms with Crippen LogP contribution in [0.4, 0.5) is 14.5 Å². The van der Waals surface area contributed by atoms with E-state index in [1.54, 1.807) is 0 Å². The number of allylic oxidation sites excluding steroid dienone is 2. The van der Waals surface area contributed by atoms with Gasteiger partial charge in [0.15, 0.2) is 0 Å². The number of rotatable bonds is 3. The molecule has 0 bridgehead atoms. The lowest BCUT2D eigenvalue weighted by Crippen LogP contribution is -2.35. The highest BCUT2D eigenvalue weighted by Crippen LogP contribution is 2.39. The Morgan fingerprint density at radius 1 is 1.03 bits per heavy atom. The molecule has 6 heteroatoms. The molecular weight excluding hydrogens is 382 g/mol. The van der Waals surface area contributed by atoms with Gasteiger partial charge in [-0.25, -0.2) is 8.78 Å². The van der Waals surface area contributed by atoms with Gasteiger partial charge in [0.2, 0.25) is 0 Å². The topological polar surface area (TPSA) is 33.5 Å². The first-order chi connectivity index (χ1) is 14.6. The summed E-state index contributed by atoms with van der Waals surface area (Å²) in [5.41, 5.74) is 4.10. The number of nitrogens with zero attached hydrogens (tertiary/aromatic N) is 4. The second-order valence-electron chi connectivity index (χ2n) is 7.62. The van der Waals surface area contributed by atoms with Crippen LogP contribution in [0.15, 0.2) is 78.3 Å². The van der Waals surface area contributed by atoms with Crippen LogP contribution >= 0.6 is 0 Å². The molecule has 1 saturated heterocycles. The van der Waals surface area contributed by atoms with Crippen molar-refractivity contribution in [2.75, 3.05) is 18.1 Å². The summed E-state index contributed by atoms with van der Waals surface area (Å²) in [5, 5.41) is 13.2. The SMILES string of the molecule is N#Cc1ccc(N2CC=C3C=C(N4CCC[C@@H]4c4cc(F)ccc4F)C=CN32)cc1. The number of hydrogen-bond donors (Lipinski definition) is 0. The van der Waals surface area contributed by atoms with E-state index < -0.39 is 5.82 Å². The Bertz CT molecular complexity index is 1110. The average Bonchev–Trinajstić information content (AvgIpc) is 3.42. The number of hydrogen-bond acceptors (Lipinski definition) is 4. The minimum atomic E-state index is -0.408. The van der Waals surface area contributed by atoms with Crippen molar-refractivity contribution in [2.24, 2.45) is 0 Å². The Morgan fingerprint density at radius 3 is 2.67 bits per heavy atom. The molecule has 3 aliphatic heterocycles. The molecule has 4 nitrogen and oxygen atoms in total. The van der Waals surface area contributed by atoms with E-state index in [9.17, 15) is 8.78 Å². The van der Waals surface area contributed by atoms with Gasteiger partial charge in [-0.15, -0.1) is 0 Å². The number of halogens is 2. The molecule has 0 amide bonds. The van der Waals surface area contributed by atoms with Gasteiger partial charge >= 0.3 is 0 Å². The van der Waals surface area contributed by atoms with Crippen molar-refractivity contribution >= 4 is 5.69 Å². The van der Waals surface area contributed by atoms with Gasteiger partial charge in [0.25, 0.3) is 0 Å². The fourth-order valence-corrected chi connectivity index (χ4v) is 4.42. The van der Waals surface area contributed by atoms with Gasteiger partial charge in [0.1, 0.15) is 11.6 Å². The molecule has 150 valence electrons. The van der Waals surface area contributed by atoms with Crippen LogP contribution in [-0.4, -0.2) is 23.0 Å². The van der Waals surface area contributed by atoms with Crippen molar-refractivity contribution in [3.05, 3.63) is 101 Å². The van der Waals surface area contributed by atoms with Gasteiger partial charge in [-0.1, -0.05) is 0 Å². The lowest BCUT2D eigenvalue weighted by Gasteiger charge is -2.35. The largest absolute Gasteiger partial charge is 0.364 e. The van der Waals surface area contributed by atoms with E-state index in [0.717, 1.165) is 49.1 Å². The number of benzene rings is 2. The first kappa shape index (κ1) is 18.4. The van der Waals surface area contributed by atoms with Crippen LogP contribution in [0.25, 0.3) is 0 Å². The first-order valence-corrected chi connectivity index (χ1v) is 10.0. The van der Waals surface area contributed by atoms with Crippen LogP contribution in [0, 0.1) is 23.0 Å². The van der Waals surface area contributed by atoms with Crippen molar-refractivity contribution in [3.63, 3.8) is 0 Å².